The van der Waals surface area contributed by atoms with Crippen LogP contribution in [0, 0.1) is 17.8 Å². The van der Waals surface area contributed by atoms with Gasteiger partial charge in [-0.2, -0.15) is 0 Å². The summed E-state index contributed by atoms with van der Waals surface area (Å²) in [4.78, 5) is 0. The summed E-state index contributed by atoms with van der Waals surface area (Å²) in [5.41, 5.74) is 0. The topological polar surface area (TPSA) is 0 Å². The first-order valence-electron chi connectivity index (χ1n) is 7.57. The standard InChI is InChI=1S/C16H28N/c1-3-13-17(2,14-7-8-15-11-12-15)16-9-5-4-6-10-16/h15-16H,3-6,9-14H2,1-2H3/q+1/t17-/m0/s1. The van der Waals surface area contributed by atoms with Gasteiger partial charge in [0.05, 0.1) is 19.6 Å². The van der Waals surface area contributed by atoms with E-state index in [0.29, 0.717) is 0 Å². The van der Waals surface area contributed by atoms with Crippen LogP contribution in [0.3, 0.4) is 0 Å². The normalized spacial score (nSPS) is 24.8. The van der Waals surface area contributed by atoms with Gasteiger partial charge in [0.25, 0.3) is 0 Å². The van der Waals surface area contributed by atoms with Crippen LogP contribution < -0.4 is 0 Å². The molecule has 0 aromatic heterocycles. The first-order chi connectivity index (χ1) is 8.24. The van der Waals surface area contributed by atoms with Crippen molar-refractivity contribution < 1.29 is 4.48 Å². The third-order valence-corrected chi connectivity index (χ3v) is 4.51. The molecule has 2 rings (SSSR count). The second kappa shape index (κ2) is 5.91. The first-order valence-corrected chi connectivity index (χ1v) is 7.57. The Labute approximate surface area is 107 Å². The Morgan fingerprint density at radius 3 is 2.35 bits per heavy atom. The summed E-state index contributed by atoms with van der Waals surface area (Å²) in [5.74, 6) is 7.70. The number of nitrogens with zero attached hydrogens (tertiary/aromatic N) is 1. The molecule has 2 aliphatic rings. The van der Waals surface area contributed by atoms with Gasteiger partial charge in [-0.1, -0.05) is 19.3 Å². The van der Waals surface area contributed by atoms with Crippen LogP contribution in [0.2, 0.25) is 0 Å². The van der Waals surface area contributed by atoms with E-state index in [0.717, 1.165) is 18.5 Å². The fourth-order valence-electron chi connectivity index (χ4n) is 3.20. The summed E-state index contributed by atoms with van der Waals surface area (Å²) in [6.07, 6.45) is 11.2. The van der Waals surface area contributed by atoms with Gasteiger partial charge in [-0.3, -0.25) is 0 Å². The van der Waals surface area contributed by atoms with Crippen LogP contribution in [0.25, 0.3) is 0 Å². The minimum atomic E-state index is 0.761. The Kier molecular flexibility index (Phi) is 4.51. The van der Waals surface area contributed by atoms with Crippen LogP contribution in [0.4, 0.5) is 0 Å². The molecule has 96 valence electrons. The van der Waals surface area contributed by atoms with Crippen molar-refractivity contribution in [2.45, 2.75) is 64.3 Å². The van der Waals surface area contributed by atoms with Crippen molar-refractivity contribution in [3.8, 4) is 11.8 Å². The molecule has 0 radical (unpaired) electrons. The van der Waals surface area contributed by atoms with E-state index in [1.807, 2.05) is 0 Å². The predicted octanol–water partition coefficient (Wildman–Crippen LogP) is 3.59. The molecule has 17 heavy (non-hydrogen) atoms. The van der Waals surface area contributed by atoms with Crippen LogP contribution in [0.15, 0.2) is 0 Å². The van der Waals surface area contributed by atoms with Crippen molar-refractivity contribution in [1.82, 2.24) is 0 Å². The van der Waals surface area contributed by atoms with Gasteiger partial charge in [0.2, 0.25) is 0 Å². The summed E-state index contributed by atoms with van der Waals surface area (Å²) < 4.78 is 1.22. The van der Waals surface area contributed by atoms with Gasteiger partial charge in [0, 0.05) is 5.92 Å². The fraction of sp³-hybridized carbons (Fsp3) is 0.875. The summed E-state index contributed by atoms with van der Waals surface area (Å²) in [6, 6.07) is 0.886. The number of rotatable bonds is 4. The third-order valence-electron chi connectivity index (χ3n) is 4.51. The van der Waals surface area contributed by atoms with Crippen LogP contribution in [-0.4, -0.2) is 30.7 Å². The summed E-state index contributed by atoms with van der Waals surface area (Å²) in [7, 11) is 2.45. The quantitative estimate of drug-likeness (QED) is 0.515. The highest BCUT2D eigenvalue weighted by Crippen LogP contribution is 2.29. The zero-order valence-electron chi connectivity index (χ0n) is 11.7. The molecule has 0 aromatic carbocycles. The SMILES string of the molecule is CCC[N@@+](C)(CC#CC1CC1)C1CCCCC1. The molecule has 0 spiro atoms. The van der Waals surface area contributed by atoms with Gasteiger partial charge in [-0.05, 0) is 50.9 Å². The highest BCUT2D eigenvalue weighted by molar-refractivity contribution is 5.09. The number of quaternary nitrogens is 1. The van der Waals surface area contributed by atoms with E-state index in [4.69, 9.17) is 0 Å². The summed E-state index contributed by atoms with van der Waals surface area (Å²) in [6.45, 7) is 4.71. The van der Waals surface area contributed by atoms with E-state index >= 15 is 0 Å². The van der Waals surface area contributed by atoms with E-state index in [-0.39, 0.29) is 0 Å². The molecule has 1 nitrogen and oxygen atoms in total. The van der Waals surface area contributed by atoms with Crippen LogP contribution in [-0.2, 0) is 0 Å². The zero-order chi connectivity index (χ0) is 12.1. The van der Waals surface area contributed by atoms with Crippen LogP contribution in [0.5, 0.6) is 0 Å². The van der Waals surface area contributed by atoms with E-state index < -0.39 is 0 Å². The number of hydrogen-bond acceptors (Lipinski definition) is 0. The monoisotopic (exact) mass is 234 g/mol. The lowest BCUT2D eigenvalue weighted by atomic mass is 9.92. The Morgan fingerprint density at radius 1 is 1.06 bits per heavy atom. The molecular formula is C16H28N+. The molecule has 2 aliphatic carbocycles. The van der Waals surface area contributed by atoms with Gasteiger partial charge in [-0.15, -0.1) is 0 Å². The molecule has 0 aliphatic heterocycles. The van der Waals surface area contributed by atoms with Crippen molar-refractivity contribution in [2.24, 2.45) is 5.92 Å². The van der Waals surface area contributed by atoms with Gasteiger partial charge in [-0.25, -0.2) is 0 Å². The summed E-state index contributed by atoms with van der Waals surface area (Å²) in [5, 5.41) is 0. The molecular weight excluding hydrogens is 206 g/mol. The van der Waals surface area contributed by atoms with Crippen molar-refractivity contribution >= 4 is 0 Å². The summed E-state index contributed by atoms with van der Waals surface area (Å²) >= 11 is 0. The highest BCUT2D eigenvalue weighted by atomic mass is 15.3. The largest absolute Gasteiger partial charge is 0.314 e. The predicted molar refractivity (Wildman–Crippen MR) is 73.6 cm³/mol. The maximum Gasteiger partial charge on any atom is 0.140 e. The lowest BCUT2D eigenvalue weighted by Crippen LogP contribution is -2.53. The maximum absolute atomic E-state index is 3.49. The minimum Gasteiger partial charge on any atom is -0.314 e. The van der Waals surface area contributed by atoms with Gasteiger partial charge >= 0.3 is 0 Å². The maximum atomic E-state index is 3.49. The van der Waals surface area contributed by atoms with E-state index in [9.17, 15) is 0 Å². The average molecular weight is 234 g/mol. The molecule has 2 fully saturated rings. The average Bonchev–Trinajstić information content (AvgIpc) is 3.15. The van der Waals surface area contributed by atoms with Gasteiger partial charge in [0.1, 0.15) is 6.54 Å². The van der Waals surface area contributed by atoms with Crippen molar-refractivity contribution in [1.29, 1.82) is 0 Å². The molecule has 0 amide bonds. The Balaban J connectivity index is 1.93. The molecule has 0 heterocycles. The number of hydrogen-bond donors (Lipinski definition) is 0. The van der Waals surface area contributed by atoms with Crippen molar-refractivity contribution in [2.75, 3.05) is 20.1 Å². The molecule has 0 saturated heterocycles. The molecule has 0 unspecified atom stereocenters. The zero-order valence-corrected chi connectivity index (χ0v) is 11.7. The van der Waals surface area contributed by atoms with Crippen molar-refractivity contribution in [3.63, 3.8) is 0 Å². The first kappa shape index (κ1) is 13.0. The molecule has 2 saturated carbocycles. The van der Waals surface area contributed by atoms with E-state index in [1.165, 1.54) is 62.4 Å². The molecule has 1 atom stereocenters. The van der Waals surface area contributed by atoms with Gasteiger partial charge in [0.15, 0.2) is 0 Å². The lowest BCUT2D eigenvalue weighted by molar-refractivity contribution is -0.928. The lowest BCUT2D eigenvalue weighted by Gasteiger charge is -2.42. The van der Waals surface area contributed by atoms with Crippen molar-refractivity contribution in [3.05, 3.63) is 0 Å². The van der Waals surface area contributed by atoms with Crippen LogP contribution in [0.1, 0.15) is 58.3 Å². The third kappa shape index (κ3) is 3.75. The Bertz CT molecular complexity index is 288. The molecule has 1 heteroatoms. The van der Waals surface area contributed by atoms with Gasteiger partial charge < -0.3 is 4.48 Å². The second-order valence-electron chi connectivity index (χ2n) is 6.25. The smallest absolute Gasteiger partial charge is 0.140 e. The van der Waals surface area contributed by atoms with E-state index in [2.05, 4.69) is 25.8 Å². The minimum absolute atomic E-state index is 0.761. The van der Waals surface area contributed by atoms with E-state index in [1.54, 1.807) is 0 Å². The van der Waals surface area contributed by atoms with Crippen LogP contribution >= 0.6 is 0 Å². The fourth-order valence-corrected chi connectivity index (χ4v) is 3.20. The molecule has 0 bridgehead atoms. The Morgan fingerprint density at radius 2 is 1.76 bits per heavy atom. The Hall–Kier alpha value is -0.480. The molecule has 0 aromatic rings. The second-order valence-corrected chi connectivity index (χ2v) is 6.25. The highest BCUT2D eigenvalue weighted by Gasteiger charge is 2.32. The molecule has 0 N–H and O–H groups in total.